The number of rotatable bonds is 9. The van der Waals surface area contributed by atoms with Gasteiger partial charge in [-0.05, 0) is 55.3 Å². The van der Waals surface area contributed by atoms with Gasteiger partial charge in [-0.15, -0.1) is 0 Å². The molecule has 1 unspecified atom stereocenters. The second-order valence-electron chi connectivity index (χ2n) is 7.95. The molecule has 0 N–H and O–H groups in total. The molecule has 0 radical (unpaired) electrons. The highest BCUT2D eigenvalue weighted by molar-refractivity contribution is 5.31. The molecule has 1 aliphatic heterocycles. The van der Waals surface area contributed by atoms with Gasteiger partial charge in [0.25, 0.3) is 0 Å². The molecule has 0 saturated carbocycles. The van der Waals surface area contributed by atoms with Crippen molar-refractivity contribution in [1.82, 2.24) is 4.90 Å². The highest BCUT2D eigenvalue weighted by Gasteiger charge is 2.21. The lowest BCUT2D eigenvalue weighted by Gasteiger charge is -2.35. The maximum atomic E-state index is 6.01. The monoisotopic (exact) mass is 331 g/mol. The fourth-order valence-corrected chi connectivity index (χ4v) is 3.86. The van der Waals surface area contributed by atoms with Gasteiger partial charge in [-0.1, -0.05) is 59.1 Å². The summed E-state index contributed by atoms with van der Waals surface area (Å²) in [7, 11) is 0. The van der Waals surface area contributed by atoms with Crippen molar-refractivity contribution < 1.29 is 4.74 Å². The first-order valence-corrected chi connectivity index (χ1v) is 10.0. The van der Waals surface area contributed by atoms with Gasteiger partial charge in [0.05, 0.1) is 0 Å². The largest absolute Gasteiger partial charge is 0.492 e. The normalized spacial score (nSPS) is 19.4. The van der Waals surface area contributed by atoms with Gasteiger partial charge in [-0.2, -0.15) is 0 Å². The maximum absolute atomic E-state index is 6.01. The lowest BCUT2D eigenvalue weighted by molar-refractivity contribution is 0.120. The maximum Gasteiger partial charge on any atom is 0.119 e. The van der Waals surface area contributed by atoms with Crippen molar-refractivity contribution in [3.8, 4) is 5.75 Å². The second kappa shape index (κ2) is 9.46. The van der Waals surface area contributed by atoms with Crippen molar-refractivity contribution in [3.63, 3.8) is 0 Å². The molecule has 2 rings (SSSR count). The smallest absolute Gasteiger partial charge is 0.119 e. The van der Waals surface area contributed by atoms with Crippen LogP contribution in [0.3, 0.4) is 0 Å². The molecule has 1 atom stereocenters. The first kappa shape index (κ1) is 19.3. The molecule has 1 heterocycles. The summed E-state index contributed by atoms with van der Waals surface area (Å²) in [5, 5.41) is 0. The molecule has 1 aliphatic rings. The minimum absolute atomic E-state index is 0.261. The molecule has 0 aliphatic carbocycles. The van der Waals surface area contributed by atoms with Crippen LogP contribution in [0, 0.1) is 0 Å². The van der Waals surface area contributed by atoms with Gasteiger partial charge in [-0.25, -0.2) is 0 Å². The topological polar surface area (TPSA) is 12.5 Å². The summed E-state index contributed by atoms with van der Waals surface area (Å²) >= 11 is 0. The Hall–Kier alpha value is -1.02. The van der Waals surface area contributed by atoms with Crippen molar-refractivity contribution >= 4 is 0 Å². The molecular weight excluding hydrogens is 294 g/mol. The van der Waals surface area contributed by atoms with E-state index in [9.17, 15) is 0 Å². The highest BCUT2D eigenvalue weighted by atomic mass is 16.5. The third-order valence-corrected chi connectivity index (χ3v) is 5.66. The molecular formula is C22H37NO. The predicted molar refractivity (Wildman–Crippen MR) is 104 cm³/mol. The standard InChI is InChI=1S/C22H37NO/c1-5-7-15-22(3,4)19-11-13-21(14-12-19)24-18-17-23-16-9-8-10-20(23)6-2/h11-14,20H,5-10,15-18H2,1-4H3. The average molecular weight is 332 g/mol. The fraction of sp³-hybridized carbons (Fsp3) is 0.727. The van der Waals surface area contributed by atoms with Crippen LogP contribution in [0.1, 0.15) is 78.2 Å². The average Bonchev–Trinajstić information content (AvgIpc) is 2.61. The number of hydrogen-bond acceptors (Lipinski definition) is 2. The summed E-state index contributed by atoms with van der Waals surface area (Å²) in [5.74, 6) is 1.01. The van der Waals surface area contributed by atoms with Crippen LogP contribution in [-0.4, -0.2) is 30.6 Å². The van der Waals surface area contributed by atoms with E-state index in [0.717, 1.165) is 24.9 Å². The van der Waals surface area contributed by atoms with Crippen molar-refractivity contribution in [2.45, 2.75) is 84.1 Å². The Morgan fingerprint density at radius 3 is 2.54 bits per heavy atom. The summed E-state index contributed by atoms with van der Waals surface area (Å²) in [6, 6.07) is 9.57. The van der Waals surface area contributed by atoms with Gasteiger partial charge >= 0.3 is 0 Å². The van der Waals surface area contributed by atoms with Crippen LogP contribution in [0.15, 0.2) is 24.3 Å². The molecule has 2 heteroatoms. The summed E-state index contributed by atoms with van der Waals surface area (Å²) in [5.41, 5.74) is 1.68. The number of likely N-dealkylation sites (tertiary alicyclic amines) is 1. The lowest BCUT2D eigenvalue weighted by atomic mass is 9.80. The van der Waals surface area contributed by atoms with Gasteiger partial charge in [0.2, 0.25) is 0 Å². The van der Waals surface area contributed by atoms with Crippen LogP contribution in [0.2, 0.25) is 0 Å². The van der Waals surface area contributed by atoms with E-state index in [0.29, 0.717) is 0 Å². The van der Waals surface area contributed by atoms with E-state index in [1.807, 2.05) is 0 Å². The fourth-order valence-electron chi connectivity index (χ4n) is 3.86. The first-order chi connectivity index (χ1) is 11.6. The Kier molecular flexibility index (Phi) is 7.61. The molecule has 0 aromatic heterocycles. The second-order valence-corrected chi connectivity index (χ2v) is 7.95. The molecule has 136 valence electrons. The molecule has 0 amide bonds. The molecule has 1 saturated heterocycles. The molecule has 2 nitrogen and oxygen atoms in total. The SMILES string of the molecule is CCCCC(C)(C)c1ccc(OCCN2CCCCC2CC)cc1. The Bertz CT molecular complexity index is 465. The van der Waals surface area contributed by atoms with Gasteiger partial charge in [0.1, 0.15) is 12.4 Å². The molecule has 0 spiro atoms. The number of nitrogens with zero attached hydrogens (tertiary/aromatic N) is 1. The van der Waals surface area contributed by atoms with E-state index in [1.54, 1.807) is 0 Å². The zero-order valence-corrected chi connectivity index (χ0v) is 16.3. The van der Waals surface area contributed by atoms with Crippen LogP contribution < -0.4 is 4.74 Å². The van der Waals surface area contributed by atoms with Crippen LogP contribution in [0.4, 0.5) is 0 Å². The van der Waals surface area contributed by atoms with Crippen molar-refractivity contribution in [3.05, 3.63) is 29.8 Å². The van der Waals surface area contributed by atoms with E-state index >= 15 is 0 Å². The summed E-state index contributed by atoms with van der Waals surface area (Å²) in [6.07, 6.45) is 9.17. The summed E-state index contributed by atoms with van der Waals surface area (Å²) < 4.78 is 6.01. The number of hydrogen-bond donors (Lipinski definition) is 0. The number of ether oxygens (including phenoxy) is 1. The number of piperidine rings is 1. The summed E-state index contributed by atoms with van der Waals surface area (Å²) in [6.45, 7) is 12.4. The molecule has 1 aromatic carbocycles. The summed E-state index contributed by atoms with van der Waals surface area (Å²) in [4.78, 5) is 2.62. The van der Waals surface area contributed by atoms with Crippen LogP contribution in [0.5, 0.6) is 5.75 Å². The van der Waals surface area contributed by atoms with Gasteiger partial charge < -0.3 is 4.74 Å². The van der Waals surface area contributed by atoms with Crippen molar-refractivity contribution in [1.29, 1.82) is 0 Å². The number of benzene rings is 1. The predicted octanol–water partition coefficient (Wildman–Crippen LogP) is 5.80. The minimum atomic E-state index is 0.261. The molecule has 1 fully saturated rings. The van der Waals surface area contributed by atoms with E-state index in [2.05, 4.69) is 56.9 Å². The van der Waals surface area contributed by atoms with Crippen LogP contribution in [0.25, 0.3) is 0 Å². The van der Waals surface area contributed by atoms with Gasteiger partial charge in [-0.3, -0.25) is 4.90 Å². The van der Waals surface area contributed by atoms with Gasteiger partial charge in [0, 0.05) is 12.6 Å². The third-order valence-electron chi connectivity index (χ3n) is 5.66. The minimum Gasteiger partial charge on any atom is -0.492 e. The molecule has 1 aromatic rings. The zero-order valence-electron chi connectivity index (χ0n) is 16.3. The highest BCUT2D eigenvalue weighted by Crippen LogP contribution is 2.30. The van der Waals surface area contributed by atoms with Crippen molar-refractivity contribution in [2.75, 3.05) is 19.7 Å². The van der Waals surface area contributed by atoms with Crippen molar-refractivity contribution in [2.24, 2.45) is 0 Å². The van der Waals surface area contributed by atoms with Gasteiger partial charge in [0.15, 0.2) is 0 Å². The van der Waals surface area contributed by atoms with E-state index in [-0.39, 0.29) is 5.41 Å². The Labute approximate surface area is 149 Å². The molecule has 24 heavy (non-hydrogen) atoms. The number of unbranched alkanes of at least 4 members (excludes halogenated alkanes) is 1. The van der Waals surface area contributed by atoms with E-state index in [4.69, 9.17) is 4.74 Å². The van der Waals surface area contributed by atoms with E-state index < -0.39 is 0 Å². The lowest BCUT2D eigenvalue weighted by Crippen LogP contribution is -2.41. The third kappa shape index (κ3) is 5.51. The zero-order chi connectivity index (χ0) is 17.4. The Morgan fingerprint density at radius 2 is 1.88 bits per heavy atom. The first-order valence-electron chi connectivity index (χ1n) is 10.0. The Balaban J connectivity index is 1.81. The Morgan fingerprint density at radius 1 is 1.12 bits per heavy atom. The molecule has 0 bridgehead atoms. The van der Waals surface area contributed by atoms with Crippen LogP contribution >= 0.6 is 0 Å². The van der Waals surface area contributed by atoms with Crippen LogP contribution in [-0.2, 0) is 5.41 Å². The quantitative estimate of drug-likeness (QED) is 0.567. The van der Waals surface area contributed by atoms with E-state index in [1.165, 1.54) is 57.1 Å².